The van der Waals surface area contributed by atoms with Crippen molar-refractivity contribution in [1.82, 2.24) is 10.6 Å². The summed E-state index contributed by atoms with van der Waals surface area (Å²) < 4.78 is 13.7. The van der Waals surface area contributed by atoms with Gasteiger partial charge < -0.3 is 30.1 Å². The van der Waals surface area contributed by atoms with Gasteiger partial charge in [-0.1, -0.05) is 65.3 Å². The van der Waals surface area contributed by atoms with Crippen molar-refractivity contribution in [3.05, 3.63) is 87.9 Å². The van der Waals surface area contributed by atoms with Gasteiger partial charge >= 0.3 is 0 Å². The highest BCUT2D eigenvalue weighted by Crippen LogP contribution is 2.47. The first-order valence-corrected chi connectivity index (χ1v) is 16.4. The Morgan fingerprint density at radius 2 is 1.84 bits per heavy atom. The van der Waals surface area contributed by atoms with Crippen molar-refractivity contribution in [3.63, 3.8) is 0 Å². The number of benzene rings is 3. The molecule has 1 aliphatic carbocycles. The zero-order valence-electron chi connectivity index (χ0n) is 25.0. The number of nitrogens with zero attached hydrogens (tertiary/aromatic N) is 1. The summed E-state index contributed by atoms with van der Waals surface area (Å²) in [6.45, 7) is 2.93. The Labute approximate surface area is 263 Å². The molecule has 1 spiro atoms. The zero-order valence-corrected chi connectivity index (χ0v) is 26.6. The number of carbonyl (C=O) groups excluding carboxylic acids is 1. The Hall–Kier alpha value is -3.07. The summed E-state index contributed by atoms with van der Waals surface area (Å²) in [5.41, 5.74) is 4.29. The fraction of sp³-hybridized carbons (Fsp3) is 0.457. The number of ether oxygens (including phenoxy) is 2. The maximum Gasteiger partial charge on any atom is 0.263 e. The minimum atomic E-state index is -0.811. The number of aliphatic hydroxyl groups excluding tert-OH is 1. The van der Waals surface area contributed by atoms with Crippen LogP contribution in [0, 0.1) is 0 Å². The average Bonchev–Trinajstić information content (AvgIpc) is 3.46. The highest BCUT2D eigenvalue weighted by Gasteiger charge is 2.43. The Morgan fingerprint density at radius 1 is 1.07 bits per heavy atom. The molecule has 0 bridgehead atoms. The topological polar surface area (TPSA) is 83.1 Å². The second kappa shape index (κ2) is 12.9. The molecule has 228 valence electrons. The van der Waals surface area contributed by atoms with E-state index in [0.717, 1.165) is 52.7 Å². The summed E-state index contributed by atoms with van der Waals surface area (Å²) >= 11 is 3.52. The van der Waals surface area contributed by atoms with E-state index < -0.39 is 18.2 Å². The van der Waals surface area contributed by atoms with E-state index in [1.807, 2.05) is 60.5 Å². The number of anilines is 1. The van der Waals surface area contributed by atoms with Crippen LogP contribution in [0.15, 0.2) is 71.2 Å². The number of likely N-dealkylation sites (N-methyl/N-ethyl adjacent to an activating group) is 1. The molecule has 2 aliphatic heterocycles. The fourth-order valence-electron chi connectivity index (χ4n) is 6.84. The number of aliphatic hydroxyl groups is 1. The van der Waals surface area contributed by atoms with Crippen LogP contribution < -0.4 is 25.0 Å². The second-order valence-corrected chi connectivity index (χ2v) is 13.3. The molecule has 8 heteroatoms. The first kappa shape index (κ1) is 30.0. The number of rotatable bonds is 9. The molecule has 0 radical (unpaired) electrons. The highest BCUT2D eigenvalue weighted by molar-refractivity contribution is 9.10. The van der Waals surface area contributed by atoms with Crippen molar-refractivity contribution < 1.29 is 19.4 Å². The Bertz CT molecular complexity index is 1430. The van der Waals surface area contributed by atoms with Crippen LogP contribution in [0.1, 0.15) is 61.8 Å². The molecule has 1 amide bonds. The molecule has 1 fully saturated rings. The number of aryl methyl sites for hydroxylation is 1. The molecule has 3 aromatic carbocycles. The highest BCUT2D eigenvalue weighted by atomic mass is 79.9. The van der Waals surface area contributed by atoms with Crippen LogP contribution in [0.4, 0.5) is 5.69 Å². The molecule has 2 heterocycles. The molecule has 3 N–H and O–H groups in total. The Balaban J connectivity index is 1.18. The van der Waals surface area contributed by atoms with Crippen molar-refractivity contribution in [2.45, 2.75) is 81.8 Å². The van der Waals surface area contributed by atoms with Crippen molar-refractivity contribution in [3.8, 4) is 11.5 Å². The molecule has 3 aromatic rings. The van der Waals surface area contributed by atoms with Crippen LogP contribution >= 0.6 is 15.9 Å². The third-order valence-electron chi connectivity index (χ3n) is 9.27. The van der Waals surface area contributed by atoms with Crippen LogP contribution in [0.3, 0.4) is 0 Å². The number of fused-ring (bicyclic) bond motifs is 2. The minimum Gasteiger partial charge on any atom is -0.487 e. The summed E-state index contributed by atoms with van der Waals surface area (Å²) in [6, 6.07) is 21.9. The SMILES string of the molecule is CCc1ccc2c(c1)[C@@H](NC[C@@H](O)[C@H](Cc1ccccc1)NC(=O)[C@@H]1CN(C)c3cc(Br)ccc3O1)CC1(CCCC1)O2. The Morgan fingerprint density at radius 3 is 2.60 bits per heavy atom. The van der Waals surface area contributed by atoms with Crippen molar-refractivity contribution >= 4 is 27.5 Å². The summed E-state index contributed by atoms with van der Waals surface area (Å²) in [6.07, 6.45) is 5.34. The number of halogens is 1. The van der Waals surface area contributed by atoms with Gasteiger partial charge in [0.15, 0.2) is 6.10 Å². The largest absolute Gasteiger partial charge is 0.487 e. The normalized spacial score (nSPS) is 21.7. The fourth-order valence-corrected chi connectivity index (χ4v) is 7.19. The van der Waals surface area contributed by atoms with E-state index in [-0.39, 0.29) is 17.6 Å². The van der Waals surface area contributed by atoms with Crippen molar-refractivity contribution in [2.24, 2.45) is 0 Å². The molecule has 3 aliphatic rings. The lowest BCUT2D eigenvalue weighted by molar-refractivity contribution is -0.129. The predicted molar refractivity (Wildman–Crippen MR) is 173 cm³/mol. The summed E-state index contributed by atoms with van der Waals surface area (Å²) in [5, 5.41) is 18.5. The molecule has 1 saturated carbocycles. The van der Waals surface area contributed by atoms with E-state index in [0.29, 0.717) is 25.3 Å². The third kappa shape index (κ3) is 6.71. The van der Waals surface area contributed by atoms with Gasteiger partial charge in [-0.2, -0.15) is 0 Å². The zero-order chi connectivity index (χ0) is 30.0. The lowest BCUT2D eigenvalue weighted by Gasteiger charge is -2.41. The van der Waals surface area contributed by atoms with Gasteiger partial charge in [-0.05, 0) is 73.9 Å². The third-order valence-corrected chi connectivity index (χ3v) is 9.77. The summed E-state index contributed by atoms with van der Waals surface area (Å²) in [4.78, 5) is 15.6. The number of hydrogen-bond donors (Lipinski definition) is 3. The molecular formula is C35H42BrN3O4. The van der Waals surface area contributed by atoms with E-state index in [2.05, 4.69) is 51.7 Å². The molecule has 6 rings (SSSR count). The van der Waals surface area contributed by atoms with Crippen molar-refractivity contribution in [2.75, 3.05) is 25.0 Å². The van der Waals surface area contributed by atoms with Crippen LogP contribution in [-0.2, 0) is 17.6 Å². The molecule has 43 heavy (non-hydrogen) atoms. The summed E-state index contributed by atoms with van der Waals surface area (Å²) in [5.74, 6) is 1.40. The predicted octanol–water partition coefficient (Wildman–Crippen LogP) is 5.72. The molecule has 0 saturated heterocycles. The van der Waals surface area contributed by atoms with Crippen LogP contribution in [0.25, 0.3) is 0 Å². The lowest BCUT2D eigenvalue weighted by atomic mass is 9.85. The number of amides is 1. The van der Waals surface area contributed by atoms with Gasteiger partial charge in [0.2, 0.25) is 0 Å². The second-order valence-electron chi connectivity index (χ2n) is 12.4. The quantitative estimate of drug-likeness (QED) is 0.275. The minimum absolute atomic E-state index is 0.0715. The van der Waals surface area contributed by atoms with E-state index in [4.69, 9.17) is 9.47 Å². The monoisotopic (exact) mass is 647 g/mol. The van der Waals surface area contributed by atoms with E-state index in [1.165, 1.54) is 18.4 Å². The molecule has 4 atom stereocenters. The van der Waals surface area contributed by atoms with Gasteiger partial charge in [0.1, 0.15) is 17.1 Å². The van der Waals surface area contributed by atoms with Crippen LogP contribution in [-0.4, -0.2) is 55.0 Å². The van der Waals surface area contributed by atoms with Crippen molar-refractivity contribution in [1.29, 1.82) is 0 Å². The standard InChI is InChI=1S/C35H42BrN3O4/c1-3-23-11-13-31-26(17-23)28(20-35(43-31)15-7-8-16-35)37-21-30(40)27(18-24-9-5-4-6-10-24)38-34(41)33-22-39(2)29-19-25(36)12-14-32(29)42-33/h4-6,9-14,17,19,27-28,30,33,37,40H,3,7-8,15-16,18,20-22H2,1-2H3,(H,38,41)/t27-,28-,30+,33-/m0/s1. The van der Waals surface area contributed by atoms with E-state index in [1.54, 1.807) is 0 Å². The van der Waals surface area contributed by atoms with Gasteiger partial charge in [-0.15, -0.1) is 0 Å². The number of nitrogens with one attached hydrogen (secondary N) is 2. The number of carbonyl (C=O) groups is 1. The maximum absolute atomic E-state index is 13.6. The van der Waals surface area contributed by atoms with Crippen LogP contribution in [0.2, 0.25) is 0 Å². The molecular weight excluding hydrogens is 606 g/mol. The van der Waals surface area contributed by atoms with Gasteiger partial charge in [0.05, 0.1) is 24.4 Å². The van der Waals surface area contributed by atoms with E-state index >= 15 is 0 Å². The first-order valence-electron chi connectivity index (χ1n) is 15.6. The molecule has 0 aromatic heterocycles. The number of hydrogen-bond acceptors (Lipinski definition) is 6. The lowest BCUT2D eigenvalue weighted by Crippen LogP contribution is -2.55. The molecule has 7 nitrogen and oxygen atoms in total. The average molecular weight is 649 g/mol. The first-order chi connectivity index (χ1) is 20.8. The summed E-state index contributed by atoms with van der Waals surface area (Å²) in [7, 11) is 1.96. The van der Waals surface area contributed by atoms with Gasteiger partial charge in [-0.3, -0.25) is 4.79 Å². The van der Waals surface area contributed by atoms with Crippen LogP contribution in [0.5, 0.6) is 11.5 Å². The van der Waals surface area contributed by atoms with Gasteiger partial charge in [0, 0.05) is 36.1 Å². The maximum atomic E-state index is 13.6. The van der Waals surface area contributed by atoms with Gasteiger partial charge in [-0.25, -0.2) is 0 Å². The van der Waals surface area contributed by atoms with E-state index in [9.17, 15) is 9.90 Å². The Kier molecular flexibility index (Phi) is 8.98. The smallest absolute Gasteiger partial charge is 0.263 e. The van der Waals surface area contributed by atoms with Gasteiger partial charge in [0.25, 0.3) is 5.91 Å². The molecule has 0 unspecified atom stereocenters.